The van der Waals surface area contributed by atoms with Crippen molar-refractivity contribution in [2.75, 3.05) is 18.6 Å². The van der Waals surface area contributed by atoms with Crippen LogP contribution in [0.15, 0.2) is 0 Å². The van der Waals surface area contributed by atoms with Crippen molar-refractivity contribution in [3.63, 3.8) is 0 Å². The molecule has 8 nitrogen and oxygen atoms in total. The van der Waals surface area contributed by atoms with Crippen molar-refractivity contribution in [1.29, 1.82) is 0 Å². The lowest BCUT2D eigenvalue weighted by Gasteiger charge is -2.33. The van der Waals surface area contributed by atoms with Crippen LogP contribution in [-0.2, 0) is 24.2 Å². The number of hydrogen-bond acceptors (Lipinski definition) is 6. The van der Waals surface area contributed by atoms with Gasteiger partial charge in [0.2, 0.25) is 17.7 Å². The number of rotatable bonds is 4. The summed E-state index contributed by atoms with van der Waals surface area (Å²) in [5.41, 5.74) is 5.61. The Morgan fingerprint density at radius 3 is 2.63 bits per heavy atom. The van der Waals surface area contributed by atoms with Crippen LogP contribution in [0.1, 0.15) is 13.3 Å². The zero-order valence-electron chi connectivity index (χ0n) is 10.8. The first kappa shape index (κ1) is 15.6. The first-order valence-corrected chi connectivity index (χ1v) is 7.75. The van der Waals surface area contributed by atoms with Gasteiger partial charge in [0.15, 0.2) is 0 Å². The predicted octanol–water partition coefficient (Wildman–Crippen LogP) is -2.38. The fourth-order valence-corrected chi connectivity index (χ4v) is 2.34. The van der Waals surface area contributed by atoms with Gasteiger partial charge < -0.3 is 10.6 Å². The second-order valence-corrected chi connectivity index (χ2v) is 6.84. The summed E-state index contributed by atoms with van der Waals surface area (Å²) in [7, 11) is -3.22. The molecular weight excluding hydrogens is 274 g/mol. The Balaban J connectivity index is 2.70. The molecule has 0 aliphatic carbocycles. The van der Waals surface area contributed by atoms with E-state index >= 15 is 0 Å². The summed E-state index contributed by atoms with van der Waals surface area (Å²) in [5.74, 6) is -1.96. The molecule has 2 atom stereocenters. The average molecular weight is 291 g/mol. The van der Waals surface area contributed by atoms with Crippen LogP contribution in [0.3, 0.4) is 0 Å². The fourth-order valence-electron chi connectivity index (χ4n) is 1.66. The lowest BCUT2D eigenvalue weighted by atomic mass is 10.1. The molecule has 9 heteroatoms. The normalized spacial score (nSPS) is 22.1. The summed E-state index contributed by atoms with van der Waals surface area (Å²) < 4.78 is 22.0. The van der Waals surface area contributed by atoms with Gasteiger partial charge in [-0.3, -0.25) is 19.7 Å². The zero-order chi connectivity index (χ0) is 14.8. The molecule has 3 N–H and O–H groups in total. The van der Waals surface area contributed by atoms with E-state index in [1.54, 1.807) is 0 Å². The van der Waals surface area contributed by atoms with Gasteiger partial charge in [-0.15, -0.1) is 0 Å². The van der Waals surface area contributed by atoms with Gasteiger partial charge in [-0.2, -0.15) is 0 Å². The van der Waals surface area contributed by atoms with Crippen LogP contribution in [0.2, 0.25) is 0 Å². The molecule has 1 aliphatic rings. The second kappa shape index (κ2) is 5.66. The second-order valence-electron chi connectivity index (χ2n) is 4.58. The Labute approximate surface area is 111 Å². The molecule has 1 aliphatic heterocycles. The average Bonchev–Trinajstić information content (AvgIpc) is 2.28. The minimum atomic E-state index is -3.22. The third-order valence-corrected chi connectivity index (χ3v) is 3.80. The maximum absolute atomic E-state index is 12.0. The molecule has 3 amide bonds. The summed E-state index contributed by atoms with van der Waals surface area (Å²) in [4.78, 5) is 35.7. The van der Waals surface area contributed by atoms with Crippen LogP contribution in [-0.4, -0.2) is 61.7 Å². The molecule has 0 radical (unpaired) electrons. The Bertz CT molecular complexity index is 501. The maximum atomic E-state index is 12.0. The van der Waals surface area contributed by atoms with E-state index < -0.39 is 39.6 Å². The standard InChI is InChI=1S/C10H17N3O5S/c1-6-9(15)12-8(14)5-13(6)10(16)7(11)3-4-19(2,17)18/h6-7H,3-5,11H2,1-2H3,(H,12,14,15). The summed E-state index contributed by atoms with van der Waals surface area (Å²) in [6.07, 6.45) is 1.00. The Morgan fingerprint density at radius 2 is 2.11 bits per heavy atom. The summed E-state index contributed by atoms with van der Waals surface area (Å²) >= 11 is 0. The molecule has 0 saturated carbocycles. The molecule has 19 heavy (non-hydrogen) atoms. The Hall–Kier alpha value is -1.48. The number of piperazine rings is 1. The summed E-state index contributed by atoms with van der Waals surface area (Å²) in [6, 6.07) is -1.84. The summed E-state index contributed by atoms with van der Waals surface area (Å²) in [6.45, 7) is 1.22. The number of nitrogens with two attached hydrogens (primary N) is 1. The van der Waals surface area contributed by atoms with Crippen molar-refractivity contribution in [1.82, 2.24) is 10.2 Å². The van der Waals surface area contributed by atoms with Crippen LogP contribution in [0.5, 0.6) is 0 Å². The number of carbonyl (C=O) groups excluding carboxylic acids is 3. The molecular formula is C10H17N3O5S. The number of nitrogens with zero attached hydrogens (tertiary/aromatic N) is 1. The highest BCUT2D eigenvalue weighted by molar-refractivity contribution is 7.90. The van der Waals surface area contributed by atoms with Crippen molar-refractivity contribution in [2.24, 2.45) is 5.73 Å². The number of hydrogen-bond donors (Lipinski definition) is 2. The molecule has 0 aromatic carbocycles. The minimum Gasteiger partial charge on any atom is -0.320 e. The monoisotopic (exact) mass is 291 g/mol. The molecule has 0 bridgehead atoms. The number of imide groups is 1. The number of nitrogens with one attached hydrogen (secondary N) is 1. The molecule has 1 fully saturated rings. The molecule has 1 saturated heterocycles. The van der Waals surface area contributed by atoms with Crippen LogP contribution >= 0.6 is 0 Å². The van der Waals surface area contributed by atoms with E-state index in [0.29, 0.717) is 0 Å². The van der Waals surface area contributed by atoms with Gasteiger partial charge in [0, 0.05) is 6.26 Å². The highest BCUT2D eigenvalue weighted by atomic mass is 32.2. The molecule has 1 rings (SSSR count). The van der Waals surface area contributed by atoms with E-state index in [0.717, 1.165) is 11.2 Å². The number of sulfone groups is 1. The van der Waals surface area contributed by atoms with Crippen LogP contribution < -0.4 is 11.1 Å². The lowest BCUT2D eigenvalue weighted by molar-refractivity contribution is -0.150. The van der Waals surface area contributed by atoms with E-state index in [-0.39, 0.29) is 18.7 Å². The third kappa shape index (κ3) is 4.28. The highest BCUT2D eigenvalue weighted by Crippen LogP contribution is 2.08. The van der Waals surface area contributed by atoms with Crippen molar-refractivity contribution < 1.29 is 22.8 Å². The van der Waals surface area contributed by atoms with Crippen LogP contribution in [0.25, 0.3) is 0 Å². The van der Waals surface area contributed by atoms with E-state index in [1.807, 2.05) is 0 Å². The first-order chi connectivity index (χ1) is 8.61. The van der Waals surface area contributed by atoms with E-state index in [2.05, 4.69) is 5.32 Å². The fraction of sp³-hybridized carbons (Fsp3) is 0.700. The van der Waals surface area contributed by atoms with E-state index in [4.69, 9.17) is 5.73 Å². The van der Waals surface area contributed by atoms with Gasteiger partial charge in [-0.05, 0) is 13.3 Å². The lowest BCUT2D eigenvalue weighted by Crippen LogP contribution is -2.61. The SMILES string of the molecule is CC1C(=O)NC(=O)CN1C(=O)C(N)CCS(C)(=O)=O. The first-order valence-electron chi connectivity index (χ1n) is 5.69. The van der Waals surface area contributed by atoms with Crippen LogP contribution in [0, 0.1) is 0 Å². The number of carbonyl (C=O) groups is 3. The van der Waals surface area contributed by atoms with Crippen LogP contribution in [0.4, 0.5) is 0 Å². The molecule has 2 unspecified atom stereocenters. The molecule has 1 heterocycles. The van der Waals surface area contributed by atoms with Crippen molar-refractivity contribution in [3.05, 3.63) is 0 Å². The van der Waals surface area contributed by atoms with Gasteiger partial charge in [-0.25, -0.2) is 8.42 Å². The van der Waals surface area contributed by atoms with Gasteiger partial charge in [0.1, 0.15) is 22.4 Å². The van der Waals surface area contributed by atoms with E-state index in [9.17, 15) is 22.8 Å². The van der Waals surface area contributed by atoms with Gasteiger partial charge in [-0.1, -0.05) is 0 Å². The quantitative estimate of drug-likeness (QED) is 0.557. The van der Waals surface area contributed by atoms with Gasteiger partial charge in [0.05, 0.1) is 11.8 Å². The van der Waals surface area contributed by atoms with Gasteiger partial charge >= 0.3 is 0 Å². The molecule has 108 valence electrons. The minimum absolute atomic E-state index is 0.0449. The Morgan fingerprint density at radius 1 is 1.53 bits per heavy atom. The van der Waals surface area contributed by atoms with E-state index in [1.165, 1.54) is 6.92 Å². The van der Waals surface area contributed by atoms with Crippen molar-refractivity contribution >= 4 is 27.6 Å². The molecule has 0 aromatic rings. The number of amides is 3. The molecule has 0 spiro atoms. The summed E-state index contributed by atoms with van der Waals surface area (Å²) in [5, 5.41) is 2.10. The molecule has 0 aromatic heterocycles. The zero-order valence-corrected chi connectivity index (χ0v) is 11.6. The third-order valence-electron chi connectivity index (χ3n) is 2.82. The maximum Gasteiger partial charge on any atom is 0.249 e. The topological polar surface area (TPSA) is 127 Å². The van der Waals surface area contributed by atoms with Crippen molar-refractivity contribution in [2.45, 2.75) is 25.4 Å². The highest BCUT2D eigenvalue weighted by Gasteiger charge is 2.35. The largest absolute Gasteiger partial charge is 0.320 e. The van der Waals surface area contributed by atoms with Gasteiger partial charge in [0.25, 0.3) is 0 Å². The van der Waals surface area contributed by atoms with Crippen molar-refractivity contribution in [3.8, 4) is 0 Å². The Kier molecular flexibility index (Phi) is 4.64. The smallest absolute Gasteiger partial charge is 0.249 e. The predicted molar refractivity (Wildman–Crippen MR) is 66.6 cm³/mol.